The fourth-order valence-electron chi connectivity index (χ4n) is 2.82. The molecule has 0 aliphatic carbocycles. The lowest BCUT2D eigenvalue weighted by molar-refractivity contribution is -0.137. The van der Waals surface area contributed by atoms with Crippen molar-refractivity contribution in [1.82, 2.24) is 15.2 Å². The first-order valence-corrected chi connectivity index (χ1v) is 8.27. The van der Waals surface area contributed by atoms with Crippen molar-refractivity contribution >= 4 is 11.7 Å². The quantitative estimate of drug-likeness (QED) is 0.910. The number of rotatable bonds is 3. The molecule has 2 aromatic rings. The van der Waals surface area contributed by atoms with Gasteiger partial charge in [0.25, 0.3) is 0 Å². The molecule has 2 amide bonds. The molecule has 1 saturated heterocycles. The van der Waals surface area contributed by atoms with Crippen LogP contribution in [0, 0.1) is 0 Å². The number of anilines is 1. The summed E-state index contributed by atoms with van der Waals surface area (Å²) in [6.45, 7) is 2.80. The average Bonchev–Trinajstić information content (AvgIpc) is 2.66. The average molecular weight is 364 g/mol. The van der Waals surface area contributed by atoms with Gasteiger partial charge in [-0.1, -0.05) is 12.1 Å². The Morgan fingerprint density at radius 1 is 1.00 bits per heavy atom. The minimum absolute atomic E-state index is 0.196. The van der Waals surface area contributed by atoms with E-state index in [2.05, 4.69) is 15.2 Å². The van der Waals surface area contributed by atoms with Gasteiger partial charge in [-0.15, -0.1) is 0 Å². The molecule has 1 aromatic carbocycles. The van der Waals surface area contributed by atoms with Crippen molar-refractivity contribution < 1.29 is 18.0 Å². The van der Waals surface area contributed by atoms with E-state index in [4.69, 9.17) is 0 Å². The lowest BCUT2D eigenvalue weighted by Gasteiger charge is -2.36. The van der Waals surface area contributed by atoms with E-state index >= 15 is 0 Å². The molecule has 1 fully saturated rings. The van der Waals surface area contributed by atoms with Gasteiger partial charge in [0.2, 0.25) is 0 Å². The molecule has 0 spiro atoms. The van der Waals surface area contributed by atoms with Crippen LogP contribution in [-0.4, -0.2) is 42.1 Å². The molecule has 5 nitrogen and oxygen atoms in total. The zero-order valence-electron chi connectivity index (χ0n) is 14.0. The fraction of sp³-hybridized carbons (Fsp3) is 0.333. The number of halogens is 3. The Morgan fingerprint density at radius 3 is 2.19 bits per heavy atom. The van der Waals surface area contributed by atoms with E-state index in [1.54, 1.807) is 17.3 Å². The second-order valence-electron chi connectivity index (χ2n) is 6.03. The second kappa shape index (κ2) is 7.63. The molecule has 1 aliphatic heterocycles. The number of benzene rings is 1. The molecule has 8 heteroatoms. The summed E-state index contributed by atoms with van der Waals surface area (Å²) in [5, 5.41) is 2.76. The maximum atomic E-state index is 12.5. The molecule has 138 valence electrons. The van der Waals surface area contributed by atoms with Crippen LogP contribution in [0.15, 0.2) is 48.8 Å². The van der Waals surface area contributed by atoms with Crippen molar-refractivity contribution in [3.63, 3.8) is 0 Å². The number of urea groups is 1. The molecular formula is C18H19F3N4O. The maximum absolute atomic E-state index is 12.5. The van der Waals surface area contributed by atoms with E-state index in [-0.39, 0.29) is 12.6 Å². The SMILES string of the molecule is O=C(NCc1ccc(C(F)(F)F)cc1)N1CCN(c2ccncc2)CC1. The molecule has 0 radical (unpaired) electrons. The summed E-state index contributed by atoms with van der Waals surface area (Å²) in [5.41, 5.74) is 1.01. The van der Waals surface area contributed by atoms with E-state index in [9.17, 15) is 18.0 Å². The van der Waals surface area contributed by atoms with Gasteiger partial charge in [0.1, 0.15) is 0 Å². The monoisotopic (exact) mass is 364 g/mol. The predicted molar refractivity (Wildman–Crippen MR) is 91.7 cm³/mol. The third-order valence-corrected chi connectivity index (χ3v) is 4.32. The van der Waals surface area contributed by atoms with Crippen LogP contribution in [0.5, 0.6) is 0 Å². The van der Waals surface area contributed by atoms with Gasteiger partial charge in [0.15, 0.2) is 0 Å². The largest absolute Gasteiger partial charge is 0.416 e. The third-order valence-electron chi connectivity index (χ3n) is 4.32. The van der Waals surface area contributed by atoms with Crippen molar-refractivity contribution in [3.8, 4) is 0 Å². The number of aromatic nitrogens is 1. The highest BCUT2D eigenvalue weighted by Gasteiger charge is 2.30. The van der Waals surface area contributed by atoms with E-state index < -0.39 is 11.7 Å². The van der Waals surface area contributed by atoms with Gasteiger partial charge < -0.3 is 15.1 Å². The zero-order valence-corrected chi connectivity index (χ0v) is 14.0. The molecule has 26 heavy (non-hydrogen) atoms. The number of carbonyl (C=O) groups is 1. The first-order valence-electron chi connectivity index (χ1n) is 8.27. The summed E-state index contributed by atoms with van der Waals surface area (Å²) in [4.78, 5) is 20.1. The molecule has 1 N–H and O–H groups in total. The number of piperazine rings is 1. The topological polar surface area (TPSA) is 48.5 Å². The first-order chi connectivity index (χ1) is 12.4. The van der Waals surface area contributed by atoms with Crippen LogP contribution in [-0.2, 0) is 12.7 Å². The van der Waals surface area contributed by atoms with Gasteiger partial charge in [0.05, 0.1) is 5.56 Å². The van der Waals surface area contributed by atoms with Gasteiger partial charge in [0, 0.05) is 50.8 Å². The van der Waals surface area contributed by atoms with Crippen molar-refractivity contribution in [3.05, 3.63) is 59.9 Å². The number of hydrogen-bond donors (Lipinski definition) is 1. The summed E-state index contributed by atoms with van der Waals surface area (Å²) in [7, 11) is 0. The number of alkyl halides is 3. The minimum Gasteiger partial charge on any atom is -0.368 e. The van der Waals surface area contributed by atoms with Gasteiger partial charge in [-0.3, -0.25) is 4.98 Å². The Labute approximate surface area is 149 Å². The molecule has 1 aromatic heterocycles. The first kappa shape index (κ1) is 18.0. The molecule has 0 unspecified atom stereocenters. The van der Waals surface area contributed by atoms with Gasteiger partial charge in [-0.25, -0.2) is 4.79 Å². The number of amides is 2. The van der Waals surface area contributed by atoms with Crippen LogP contribution < -0.4 is 10.2 Å². The van der Waals surface area contributed by atoms with Crippen LogP contribution in [0.4, 0.5) is 23.7 Å². The van der Waals surface area contributed by atoms with Crippen molar-refractivity contribution in [2.45, 2.75) is 12.7 Å². The summed E-state index contributed by atoms with van der Waals surface area (Å²) in [5.74, 6) is 0. The zero-order chi connectivity index (χ0) is 18.6. The van der Waals surface area contributed by atoms with E-state index in [1.165, 1.54) is 12.1 Å². The normalized spacial score (nSPS) is 15.0. The van der Waals surface area contributed by atoms with Crippen LogP contribution in [0.2, 0.25) is 0 Å². The van der Waals surface area contributed by atoms with Gasteiger partial charge in [-0.2, -0.15) is 13.2 Å². The molecule has 1 aliphatic rings. The molecule has 3 rings (SSSR count). The van der Waals surface area contributed by atoms with Crippen molar-refractivity contribution in [2.75, 3.05) is 31.1 Å². The van der Waals surface area contributed by atoms with E-state index in [1.807, 2.05) is 12.1 Å². The predicted octanol–water partition coefficient (Wildman–Crippen LogP) is 3.13. The highest BCUT2D eigenvalue weighted by molar-refractivity contribution is 5.74. The number of carbonyl (C=O) groups excluding carboxylic acids is 1. The lowest BCUT2D eigenvalue weighted by atomic mass is 10.1. The van der Waals surface area contributed by atoms with Crippen LogP contribution in [0.3, 0.4) is 0 Å². The number of nitrogens with one attached hydrogen (secondary N) is 1. The van der Waals surface area contributed by atoms with E-state index in [0.717, 1.165) is 30.9 Å². The second-order valence-corrected chi connectivity index (χ2v) is 6.03. The number of pyridine rings is 1. The molecule has 0 atom stereocenters. The van der Waals surface area contributed by atoms with Gasteiger partial charge >= 0.3 is 12.2 Å². The van der Waals surface area contributed by atoms with Crippen LogP contribution >= 0.6 is 0 Å². The smallest absolute Gasteiger partial charge is 0.368 e. The molecule has 0 bridgehead atoms. The van der Waals surface area contributed by atoms with Crippen molar-refractivity contribution in [2.24, 2.45) is 0 Å². The van der Waals surface area contributed by atoms with Crippen LogP contribution in [0.1, 0.15) is 11.1 Å². The summed E-state index contributed by atoms with van der Waals surface area (Å²) in [6.07, 6.45) is -0.882. The Morgan fingerprint density at radius 2 is 1.62 bits per heavy atom. The molecule has 0 saturated carbocycles. The molecular weight excluding hydrogens is 345 g/mol. The Bertz CT molecular complexity index is 726. The highest BCUT2D eigenvalue weighted by Crippen LogP contribution is 2.29. The standard InChI is InChI=1S/C18H19F3N4O/c19-18(20,21)15-3-1-14(2-4-15)13-23-17(26)25-11-9-24(10-12-25)16-5-7-22-8-6-16/h1-8H,9-13H2,(H,23,26). The maximum Gasteiger partial charge on any atom is 0.416 e. The van der Waals surface area contributed by atoms with Gasteiger partial charge in [-0.05, 0) is 29.8 Å². The third kappa shape index (κ3) is 4.44. The Balaban J connectivity index is 1.47. The Hall–Kier alpha value is -2.77. The Kier molecular flexibility index (Phi) is 5.29. The lowest BCUT2D eigenvalue weighted by Crippen LogP contribution is -2.51. The fourth-order valence-corrected chi connectivity index (χ4v) is 2.82. The van der Waals surface area contributed by atoms with Crippen molar-refractivity contribution in [1.29, 1.82) is 0 Å². The number of hydrogen-bond acceptors (Lipinski definition) is 3. The highest BCUT2D eigenvalue weighted by atomic mass is 19.4. The summed E-state index contributed by atoms with van der Waals surface area (Å²) >= 11 is 0. The molecule has 2 heterocycles. The summed E-state index contributed by atoms with van der Waals surface area (Å²) in [6, 6.07) is 8.46. The minimum atomic E-state index is -4.35. The summed E-state index contributed by atoms with van der Waals surface area (Å²) < 4.78 is 37.6. The van der Waals surface area contributed by atoms with E-state index in [0.29, 0.717) is 18.7 Å². The van der Waals surface area contributed by atoms with Crippen LogP contribution in [0.25, 0.3) is 0 Å². The number of nitrogens with zero attached hydrogens (tertiary/aromatic N) is 3.